The molecule has 0 radical (unpaired) electrons. The van der Waals surface area contributed by atoms with E-state index < -0.39 is 28.5 Å². The molecule has 22 heavy (non-hydrogen) atoms. The molecule has 2 N–H and O–H groups in total. The lowest BCUT2D eigenvalue weighted by Crippen LogP contribution is -2.32. The van der Waals surface area contributed by atoms with Crippen molar-refractivity contribution in [2.24, 2.45) is 0 Å². The lowest BCUT2D eigenvalue weighted by molar-refractivity contribution is 0.252. The summed E-state index contributed by atoms with van der Waals surface area (Å²) in [6.07, 6.45) is 0. The van der Waals surface area contributed by atoms with Crippen LogP contribution in [0.5, 0.6) is 0 Å². The van der Waals surface area contributed by atoms with Gasteiger partial charge in [0.1, 0.15) is 11.6 Å². The second-order valence-corrected chi connectivity index (χ2v) is 5.94. The second kappa shape index (κ2) is 7.65. The van der Waals surface area contributed by atoms with Crippen molar-refractivity contribution in [3.05, 3.63) is 60.2 Å². The minimum atomic E-state index is -1.22. The lowest BCUT2D eigenvalue weighted by atomic mass is 10.3. The van der Waals surface area contributed by atoms with E-state index in [1.165, 1.54) is 0 Å². The van der Waals surface area contributed by atoms with Gasteiger partial charge in [-0.3, -0.25) is 4.21 Å². The van der Waals surface area contributed by atoms with Crippen LogP contribution in [0.15, 0.2) is 53.4 Å². The zero-order chi connectivity index (χ0) is 15.9. The highest BCUT2D eigenvalue weighted by Gasteiger charge is 2.08. The number of hydrogen-bond acceptors (Lipinski definition) is 2. The van der Waals surface area contributed by atoms with E-state index in [1.807, 2.05) is 6.07 Å². The van der Waals surface area contributed by atoms with Crippen LogP contribution in [0, 0.1) is 11.6 Å². The fraction of sp³-hybridized carbons (Fsp3) is 0.133. The summed E-state index contributed by atoms with van der Waals surface area (Å²) < 4.78 is 38.0. The standard InChI is InChI=1S/C15H14F2N2O2S/c16-11-6-7-14(13(17)10-11)19-15(20)18-8-9-22(21)12-4-2-1-3-5-12/h1-7,10H,8-9H2,(H2,18,19,20)/t22-/m1/s1. The lowest BCUT2D eigenvalue weighted by Gasteiger charge is -2.08. The van der Waals surface area contributed by atoms with E-state index in [1.54, 1.807) is 24.3 Å². The SMILES string of the molecule is O=C(NCC[S@@](=O)c1ccccc1)Nc1ccc(F)cc1F. The van der Waals surface area contributed by atoms with Crippen LogP contribution in [0.4, 0.5) is 19.3 Å². The van der Waals surface area contributed by atoms with Gasteiger partial charge >= 0.3 is 6.03 Å². The Kier molecular flexibility index (Phi) is 5.60. The number of carbonyl (C=O) groups is 1. The molecule has 0 saturated heterocycles. The average molecular weight is 324 g/mol. The van der Waals surface area contributed by atoms with Crippen molar-refractivity contribution in [3.63, 3.8) is 0 Å². The molecule has 0 aliphatic heterocycles. The summed E-state index contributed by atoms with van der Waals surface area (Å²) in [5, 5.41) is 4.73. The molecule has 0 fully saturated rings. The Morgan fingerprint density at radius 2 is 1.82 bits per heavy atom. The maximum atomic E-state index is 13.4. The van der Waals surface area contributed by atoms with Gasteiger partial charge in [0.05, 0.1) is 16.5 Å². The van der Waals surface area contributed by atoms with E-state index in [0.29, 0.717) is 11.0 Å². The molecular weight excluding hydrogens is 310 g/mol. The third-order valence-corrected chi connectivity index (χ3v) is 4.13. The molecule has 2 amide bonds. The van der Waals surface area contributed by atoms with E-state index >= 15 is 0 Å². The molecule has 0 saturated carbocycles. The van der Waals surface area contributed by atoms with Crippen molar-refractivity contribution in [1.29, 1.82) is 0 Å². The first-order valence-electron chi connectivity index (χ1n) is 6.49. The quantitative estimate of drug-likeness (QED) is 0.888. The fourth-order valence-electron chi connectivity index (χ4n) is 1.70. The summed E-state index contributed by atoms with van der Waals surface area (Å²) in [5.41, 5.74) is -0.122. The Morgan fingerprint density at radius 1 is 1.09 bits per heavy atom. The number of carbonyl (C=O) groups excluding carboxylic acids is 1. The van der Waals surface area contributed by atoms with Crippen molar-refractivity contribution in [2.75, 3.05) is 17.6 Å². The van der Waals surface area contributed by atoms with Gasteiger partial charge in [-0.05, 0) is 24.3 Å². The van der Waals surface area contributed by atoms with Gasteiger partial charge in [-0.2, -0.15) is 0 Å². The number of nitrogens with one attached hydrogen (secondary N) is 2. The van der Waals surface area contributed by atoms with E-state index in [9.17, 15) is 17.8 Å². The smallest absolute Gasteiger partial charge is 0.319 e. The molecule has 0 bridgehead atoms. The van der Waals surface area contributed by atoms with Gasteiger partial charge in [-0.25, -0.2) is 13.6 Å². The van der Waals surface area contributed by atoms with Crippen molar-refractivity contribution in [3.8, 4) is 0 Å². The molecule has 116 valence electrons. The number of halogens is 2. The molecule has 0 heterocycles. The van der Waals surface area contributed by atoms with Crippen LogP contribution in [0.25, 0.3) is 0 Å². The van der Waals surface area contributed by atoms with E-state index in [-0.39, 0.29) is 18.0 Å². The molecular formula is C15H14F2N2O2S. The second-order valence-electron chi connectivity index (χ2n) is 4.37. The van der Waals surface area contributed by atoms with Crippen molar-refractivity contribution < 1.29 is 17.8 Å². The number of benzene rings is 2. The molecule has 2 rings (SSSR count). The van der Waals surface area contributed by atoms with Crippen LogP contribution in [0.3, 0.4) is 0 Å². The molecule has 2 aromatic rings. The number of amides is 2. The summed E-state index contributed by atoms with van der Waals surface area (Å²) in [6, 6.07) is 11.1. The summed E-state index contributed by atoms with van der Waals surface area (Å²) in [4.78, 5) is 12.3. The molecule has 2 aromatic carbocycles. The first kappa shape index (κ1) is 16.1. The summed E-state index contributed by atoms with van der Waals surface area (Å²) in [6.45, 7) is 0.163. The van der Waals surface area contributed by atoms with Gasteiger partial charge in [0.2, 0.25) is 0 Å². The number of rotatable bonds is 5. The first-order valence-corrected chi connectivity index (χ1v) is 7.81. The highest BCUT2D eigenvalue weighted by Crippen LogP contribution is 2.14. The largest absolute Gasteiger partial charge is 0.337 e. The minimum Gasteiger partial charge on any atom is -0.337 e. The van der Waals surface area contributed by atoms with E-state index in [0.717, 1.165) is 12.1 Å². The highest BCUT2D eigenvalue weighted by molar-refractivity contribution is 7.85. The zero-order valence-electron chi connectivity index (χ0n) is 11.5. The van der Waals surface area contributed by atoms with Gasteiger partial charge in [0.15, 0.2) is 0 Å². The van der Waals surface area contributed by atoms with E-state index in [4.69, 9.17) is 0 Å². The summed E-state index contributed by atoms with van der Waals surface area (Å²) in [7, 11) is -1.22. The maximum absolute atomic E-state index is 13.4. The summed E-state index contributed by atoms with van der Waals surface area (Å²) in [5.74, 6) is -1.34. The Labute approximate surface area is 129 Å². The normalized spacial score (nSPS) is 11.7. The molecule has 1 atom stereocenters. The van der Waals surface area contributed by atoms with Crippen LogP contribution >= 0.6 is 0 Å². The third-order valence-electron chi connectivity index (χ3n) is 2.76. The maximum Gasteiger partial charge on any atom is 0.319 e. The number of hydrogen-bond donors (Lipinski definition) is 2. The van der Waals surface area contributed by atoms with Gasteiger partial charge in [-0.15, -0.1) is 0 Å². The topological polar surface area (TPSA) is 58.2 Å². The van der Waals surface area contributed by atoms with Crippen molar-refractivity contribution in [2.45, 2.75) is 4.90 Å². The van der Waals surface area contributed by atoms with Crippen LogP contribution in [0.2, 0.25) is 0 Å². The monoisotopic (exact) mass is 324 g/mol. The molecule has 0 aliphatic rings. The van der Waals surface area contributed by atoms with Crippen molar-refractivity contribution in [1.82, 2.24) is 5.32 Å². The fourth-order valence-corrected chi connectivity index (χ4v) is 2.69. The zero-order valence-corrected chi connectivity index (χ0v) is 12.3. The molecule has 7 heteroatoms. The Morgan fingerprint density at radius 3 is 2.50 bits per heavy atom. The summed E-state index contributed by atoms with van der Waals surface area (Å²) >= 11 is 0. The Hall–Kier alpha value is -2.28. The third kappa shape index (κ3) is 4.63. The molecule has 0 spiro atoms. The van der Waals surface area contributed by atoms with Gasteiger partial charge in [-0.1, -0.05) is 18.2 Å². The van der Waals surface area contributed by atoms with Crippen LogP contribution in [-0.2, 0) is 10.8 Å². The molecule has 0 aliphatic carbocycles. The molecule has 0 aromatic heterocycles. The van der Waals surface area contributed by atoms with Gasteiger partial charge < -0.3 is 10.6 Å². The molecule has 0 unspecified atom stereocenters. The van der Waals surface area contributed by atoms with Crippen LogP contribution in [-0.4, -0.2) is 22.5 Å². The van der Waals surface area contributed by atoms with Gasteiger partial charge in [0.25, 0.3) is 0 Å². The predicted molar refractivity (Wildman–Crippen MR) is 81.1 cm³/mol. The minimum absolute atomic E-state index is 0.122. The average Bonchev–Trinajstić information content (AvgIpc) is 2.51. The van der Waals surface area contributed by atoms with Crippen LogP contribution in [0.1, 0.15) is 0 Å². The van der Waals surface area contributed by atoms with Crippen LogP contribution < -0.4 is 10.6 Å². The Bertz CT molecular complexity index is 680. The Balaban J connectivity index is 1.80. The predicted octanol–water partition coefficient (Wildman–Crippen LogP) is 2.89. The van der Waals surface area contributed by atoms with Gasteiger partial charge in [0, 0.05) is 23.3 Å². The van der Waals surface area contributed by atoms with E-state index in [2.05, 4.69) is 10.6 Å². The number of anilines is 1. The van der Waals surface area contributed by atoms with Crippen molar-refractivity contribution >= 4 is 22.5 Å². The number of urea groups is 1. The molecule has 4 nitrogen and oxygen atoms in total. The highest BCUT2D eigenvalue weighted by atomic mass is 32.2. The first-order chi connectivity index (χ1) is 10.6.